The minimum absolute atomic E-state index is 0.0197. The van der Waals surface area contributed by atoms with Gasteiger partial charge in [0.1, 0.15) is 0 Å². The zero-order valence-corrected chi connectivity index (χ0v) is 11.7. The molecule has 0 amide bonds. The van der Waals surface area contributed by atoms with Crippen molar-refractivity contribution < 1.29 is 9.31 Å². The summed E-state index contributed by atoms with van der Waals surface area (Å²) in [4.78, 5) is 0. The SMILES string of the molecule is CCCCOB(OCCCC)C(C)I. The fraction of sp³-hybridized carbons (Fsp3) is 1.00. The first-order valence-corrected chi connectivity index (χ1v) is 6.84. The fourth-order valence-corrected chi connectivity index (χ4v) is 1.42. The predicted molar refractivity (Wildman–Crippen MR) is 71.0 cm³/mol. The Bertz CT molecular complexity index is 113. The van der Waals surface area contributed by atoms with Gasteiger partial charge in [0.2, 0.25) is 0 Å². The molecule has 0 aromatic rings. The van der Waals surface area contributed by atoms with Crippen LogP contribution in [0.25, 0.3) is 0 Å². The quantitative estimate of drug-likeness (QED) is 0.281. The van der Waals surface area contributed by atoms with E-state index in [1.807, 2.05) is 0 Å². The van der Waals surface area contributed by atoms with Crippen molar-refractivity contribution in [3.63, 3.8) is 0 Å². The molecule has 0 fully saturated rings. The van der Waals surface area contributed by atoms with Crippen LogP contribution < -0.4 is 0 Å². The molecule has 84 valence electrons. The van der Waals surface area contributed by atoms with Gasteiger partial charge in [-0.2, -0.15) is 0 Å². The van der Waals surface area contributed by atoms with Gasteiger partial charge in [-0.3, -0.25) is 0 Å². The van der Waals surface area contributed by atoms with Crippen LogP contribution in [-0.2, 0) is 9.31 Å². The highest BCUT2D eigenvalue weighted by molar-refractivity contribution is 14.1. The van der Waals surface area contributed by atoms with Gasteiger partial charge in [0.15, 0.2) is 0 Å². The summed E-state index contributed by atoms with van der Waals surface area (Å²) in [6.45, 7) is 8.11. The number of rotatable bonds is 9. The Kier molecular flexibility index (Phi) is 10.8. The summed E-state index contributed by atoms with van der Waals surface area (Å²) < 4.78 is 11.7. The molecular weight excluding hydrogens is 290 g/mol. The summed E-state index contributed by atoms with van der Waals surface area (Å²) in [5, 5.41) is 0. The van der Waals surface area contributed by atoms with E-state index in [1.165, 1.54) is 12.8 Å². The molecule has 0 saturated heterocycles. The second-order valence-electron chi connectivity index (χ2n) is 3.49. The van der Waals surface area contributed by atoms with Gasteiger partial charge in [0, 0.05) is 17.0 Å². The van der Waals surface area contributed by atoms with Crippen molar-refractivity contribution in [2.24, 2.45) is 0 Å². The maximum absolute atomic E-state index is 5.66. The number of unbranched alkanes of at least 4 members (excludes halogenated alkanes) is 2. The normalized spacial score (nSPS) is 12.9. The van der Waals surface area contributed by atoms with E-state index in [1.54, 1.807) is 0 Å². The lowest BCUT2D eigenvalue weighted by atomic mass is 9.85. The van der Waals surface area contributed by atoms with Gasteiger partial charge < -0.3 is 9.31 Å². The third-order valence-corrected chi connectivity index (χ3v) is 2.52. The maximum Gasteiger partial charge on any atom is 0.470 e. The lowest BCUT2D eigenvalue weighted by molar-refractivity contribution is 0.192. The minimum Gasteiger partial charge on any atom is -0.410 e. The molecule has 0 bridgehead atoms. The summed E-state index contributed by atoms with van der Waals surface area (Å²) >= 11 is 2.36. The first-order valence-electron chi connectivity index (χ1n) is 5.59. The van der Waals surface area contributed by atoms with E-state index in [9.17, 15) is 0 Å². The number of halogens is 1. The second-order valence-corrected chi connectivity index (χ2v) is 5.46. The molecular formula is C10H22BIO2. The van der Waals surface area contributed by atoms with E-state index in [0.29, 0.717) is 3.82 Å². The number of hydrogen-bond donors (Lipinski definition) is 0. The zero-order chi connectivity index (χ0) is 10.8. The highest BCUT2D eigenvalue weighted by atomic mass is 127. The lowest BCUT2D eigenvalue weighted by Gasteiger charge is -2.16. The van der Waals surface area contributed by atoms with E-state index in [4.69, 9.17) is 9.31 Å². The molecule has 0 aliphatic heterocycles. The molecule has 0 saturated carbocycles. The molecule has 14 heavy (non-hydrogen) atoms. The van der Waals surface area contributed by atoms with Gasteiger partial charge in [-0.05, 0) is 12.8 Å². The predicted octanol–water partition coefficient (Wildman–Crippen LogP) is 3.47. The third-order valence-electron chi connectivity index (χ3n) is 1.94. The van der Waals surface area contributed by atoms with Crippen LogP contribution in [0.5, 0.6) is 0 Å². The average Bonchev–Trinajstić information content (AvgIpc) is 2.15. The maximum atomic E-state index is 5.66. The van der Waals surface area contributed by atoms with Crippen molar-refractivity contribution >= 4 is 29.7 Å². The van der Waals surface area contributed by atoms with Crippen LogP contribution >= 0.6 is 22.6 Å². The fourth-order valence-electron chi connectivity index (χ4n) is 1.00. The summed E-state index contributed by atoms with van der Waals surface area (Å²) in [5.41, 5.74) is 0. The van der Waals surface area contributed by atoms with Crippen molar-refractivity contribution in [3.05, 3.63) is 0 Å². The first-order chi connectivity index (χ1) is 6.72. The Hall–Kier alpha value is 0.715. The molecule has 0 heterocycles. The van der Waals surface area contributed by atoms with Crippen LogP contribution in [0.1, 0.15) is 46.5 Å². The van der Waals surface area contributed by atoms with Gasteiger partial charge in [0.05, 0.1) is 0 Å². The average molecular weight is 312 g/mol. The molecule has 0 N–H and O–H groups in total. The molecule has 0 aromatic carbocycles. The van der Waals surface area contributed by atoms with Gasteiger partial charge >= 0.3 is 7.12 Å². The smallest absolute Gasteiger partial charge is 0.410 e. The van der Waals surface area contributed by atoms with Crippen LogP contribution in [0.2, 0.25) is 0 Å². The molecule has 0 aromatic heterocycles. The van der Waals surface area contributed by atoms with Gasteiger partial charge in [-0.1, -0.05) is 56.2 Å². The third kappa shape index (κ3) is 8.06. The van der Waals surface area contributed by atoms with E-state index in [2.05, 4.69) is 43.4 Å². The summed E-state index contributed by atoms with van der Waals surface area (Å²) in [7, 11) is -0.0197. The Balaban J connectivity index is 3.55. The highest BCUT2D eigenvalue weighted by Gasteiger charge is 2.23. The monoisotopic (exact) mass is 312 g/mol. The Morgan fingerprint density at radius 1 is 1.07 bits per heavy atom. The van der Waals surface area contributed by atoms with Crippen LogP contribution in [-0.4, -0.2) is 24.2 Å². The summed E-state index contributed by atoms with van der Waals surface area (Å²) in [6, 6.07) is 0. The van der Waals surface area contributed by atoms with E-state index in [0.717, 1.165) is 26.1 Å². The van der Waals surface area contributed by atoms with Crippen molar-refractivity contribution in [1.29, 1.82) is 0 Å². The lowest BCUT2D eigenvalue weighted by Crippen LogP contribution is -2.32. The van der Waals surface area contributed by atoms with E-state index in [-0.39, 0.29) is 7.12 Å². The minimum atomic E-state index is -0.0197. The van der Waals surface area contributed by atoms with Crippen LogP contribution in [0, 0.1) is 0 Å². The second kappa shape index (κ2) is 10.2. The van der Waals surface area contributed by atoms with Crippen LogP contribution in [0.4, 0.5) is 0 Å². The first kappa shape index (κ1) is 14.7. The molecule has 1 atom stereocenters. The van der Waals surface area contributed by atoms with E-state index < -0.39 is 0 Å². The standard InChI is InChI=1S/C10H22BIO2/c1-4-6-8-13-11(10(3)12)14-9-7-5-2/h10H,4-9H2,1-3H3. The topological polar surface area (TPSA) is 18.5 Å². The number of alkyl halides is 1. The Morgan fingerprint density at radius 3 is 1.79 bits per heavy atom. The Morgan fingerprint density at radius 2 is 1.50 bits per heavy atom. The molecule has 0 rings (SSSR count). The highest BCUT2D eigenvalue weighted by Crippen LogP contribution is 2.08. The van der Waals surface area contributed by atoms with Gasteiger partial charge in [-0.25, -0.2) is 0 Å². The van der Waals surface area contributed by atoms with Gasteiger partial charge in [0.25, 0.3) is 0 Å². The van der Waals surface area contributed by atoms with Crippen molar-refractivity contribution in [3.8, 4) is 0 Å². The van der Waals surface area contributed by atoms with Crippen molar-refractivity contribution in [1.82, 2.24) is 0 Å². The molecule has 0 radical (unpaired) electrons. The molecule has 0 spiro atoms. The van der Waals surface area contributed by atoms with Crippen molar-refractivity contribution in [2.45, 2.75) is 50.3 Å². The summed E-state index contributed by atoms with van der Waals surface area (Å²) in [5.74, 6) is 0. The molecule has 4 heteroatoms. The molecule has 0 aliphatic rings. The molecule has 1 unspecified atom stereocenters. The van der Waals surface area contributed by atoms with Crippen LogP contribution in [0.15, 0.2) is 0 Å². The molecule has 0 aliphatic carbocycles. The van der Waals surface area contributed by atoms with Gasteiger partial charge in [-0.15, -0.1) is 0 Å². The molecule has 2 nitrogen and oxygen atoms in total. The largest absolute Gasteiger partial charge is 0.470 e. The van der Waals surface area contributed by atoms with Crippen LogP contribution in [0.3, 0.4) is 0 Å². The number of hydrogen-bond acceptors (Lipinski definition) is 2. The zero-order valence-electron chi connectivity index (χ0n) is 9.59. The van der Waals surface area contributed by atoms with E-state index >= 15 is 0 Å². The Labute approximate surface area is 102 Å². The summed E-state index contributed by atoms with van der Waals surface area (Å²) in [6.07, 6.45) is 4.60. The van der Waals surface area contributed by atoms with Crippen molar-refractivity contribution in [2.75, 3.05) is 13.2 Å².